The van der Waals surface area contributed by atoms with Gasteiger partial charge in [-0.2, -0.15) is 0 Å². The summed E-state index contributed by atoms with van der Waals surface area (Å²) in [4.78, 5) is 33.3. The van der Waals surface area contributed by atoms with Gasteiger partial charge in [0.25, 0.3) is 0 Å². The minimum Gasteiger partial charge on any atom is -0.465 e. The van der Waals surface area contributed by atoms with E-state index < -0.39 is 11.9 Å². The van der Waals surface area contributed by atoms with E-state index >= 15 is 0 Å². The van der Waals surface area contributed by atoms with Crippen LogP contribution in [0.1, 0.15) is 20.7 Å². The van der Waals surface area contributed by atoms with Gasteiger partial charge in [-0.15, -0.1) is 0 Å². The van der Waals surface area contributed by atoms with Crippen molar-refractivity contribution in [3.63, 3.8) is 0 Å². The highest BCUT2D eigenvalue weighted by Gasteiger charge is 2.16. The summed E-state index contributed by atoms with van der Waals surface area (Å²) in [6, 6.07) is 14.1. The quantitative estimate of drug-likeness (QED) is 0.465. The van der Waals surface area contributed by atoms with Crippen molar-refractivity contribution >= 4 is 40.9 Å². The zero-order valence-electron chi connectivity index (χ0n) is 15.7. The number of methoxy groups -OCH3 is 2. The SMILES string of the molecule is COC(=O)c1cc(Nc2ncnc(Sc3ccccc3)c2N)cc(C(=O)OC)c1. The number of nitrogens with one attached hydrogen (secondary N) is 1. The van der Waals surface area contributed by atoms with Crippen LogP contribution in [0.25, 0.3) is 0 Å². The first-order chi connectivity index (χ1) is 14.0. The summed E-state index contributed by atoms with van der Waals surface area (Å²) >= 11 is 1.40. The molecule has 148 valence electrons. The smallest absolute Gasteiger partial charge is 0.337 e. The van der Waals surface area contributed by atoms with Crippen LogP contribution in [0.15, 0.2) is 64.8 Å². The van der Waals surface area contributed by atoms with E-state index in [1.54, 1.807) is 0 Å². The summed E-state index contributed by atoms with van der Waals surface area (Å²) < 4.78 is 9.49. The number of nitrogen functional groups attached to an aromatic ring is 1. The number of rotatable bonds is 6. The van der Waals surface area contributed by atoms with Gasteiger partial charge in [-0.25, -0.2) is 19.6 Å². The Labute approximate surface area is 171 Å². The molecular formula is C20H18N4O4S. The third-order valence-corrected chi connectivity index (χ3v) is 4.87. The molecule has 0 saturated heterocycles. The topological polar surface area (TPSA) is 116 Å². The largest absolute Gasteiger partial charge is 0.465 e. The second kappa shape index (κ2) is 9.07. The molecule has 8 nitrogen and oxygen atoms in total. The average Bonchev–Trinajstić information content (AvgIpc) is 2.75. The van der Waals surface area contributed by atoms with Crippen molar-refractivity contribution in [3.05, 3.63) is 66.0 Å². The lowest BCUT2D eigenvalue weighted by Gasteiger charge is -2.13. The molecule has 0 radical (unpaired) electrons. The molecule has 2 aromatic carbocycles. The van der Waals surface area contributed by atoms with Gasteiger partial charge < -0.3 is 20.5 Å². The standard InChI is InChI=1S/C20H18N4O4S/c1-27-19(25)12-8-13(20(26)28-2)10-14(9-12)24-17-16(21)18(23-11-22-17)29-15-6-4-3-5-7-15/h3-11H,21H2,1-2H3,(H,22,23,24). The Balaban J connectivity index is 1.94. The van der Waals surface area contributed by atoms with Crippen LogP contribution < -0.4 is 11.1 Å². The Bertz CT molecular complexity index is 1010. The predicted octanol–water partition coefficient (Wildman–Crippen LogP) is 3.53. The fourth-order valence-corrected chi connectivity index (χ4v) is 3.29. The van der Waals surface area contributed by atoms with Crippen LogP contribution >= 0.6 is 11.8 Å². The van der Waals surface area contributed by atoms with Gasteiger partial charge in [-0.1, -0.05) is 30.0 Å². The molecule has 9 heteroatoms. The fourth-order valence-electron chi connectivity index (χ4n) is 2.47. The number of hydrogen-bond donors (Lipinski definition) is 2. The minimum atomic E-state index is -0.588. The van der Waals surface area contributed by atoms with Crippen LogP contribution in [-0.4, -0.2) is 36.1 Å². The highest BCUT2D eigenvalue weighted by atomic mass is 32.2. The zero-order valence-corrected chi connectivity index (χ0v) is 16.5. The molecule has 0 bridgehead atoms. The van der Waals surface area contributed by atoms with Gasteiger partial charge >= 0.3 is 11.9 Å². The van der Waals surface area contributed by atoms with Gasteiger partial charge in [0.2, 0.25) is 0 Å². The monoisotopic (exact) mass is 410 g/mol. The first-order valence-electron chi connectivity index (χ1n) is 8.44. The molecule has 29 heavy (non-hydrogen) atoms. The number of carbonyl (C=O) groups is 2. The number of esters is 2. The van der Waals surface area contributed by atoms with E-state index in [1.165, 1.54) is 50.5 Å². The van der Waals surface area contributed by atoms with Crippen LogP contribution in [0.5, 0.6) is 0 Å². The van der Waals surface area contributed by atoms with E-state index in [-0.39, 0.29) is 11.1 Å². The van der Waals surface area contributed by atoms with E-state index in [0.717, 1.165) is 4.90 Å². The van der Waals surface area contributed by atoms with Gasteiger partial charge in [-0.05, 0) is 30.3 Å². The molecular weight excluding hydrogens is 392 g/mol. The van der Waals surface area contributed by atoms with E-state index in [0.29, 0.717) is 22.2 Å². The molecule has 0 spiro atoms. The minimum absolute atomic E-state index is 0.185. The Hall–Kier alpha value is -3.59. The van der Waals surface area contributed by atoms with Crippen LogP contribution in [0, 0.1) is 0 Å². The summed E-state index contributed by atoms with van der Waals surface area (Å²) in [5.74, 6) is -0.833. The first kappa shape index (κ1) is 20.2. The van der Waals surface area contributed by atoms with Gasteiger partial charge in [-0.3, -0.25) is 0 Å². The first-order valence-corrected chi connectivity index (χ1v) is 9.25. The van der Waals surface area contributed by atoms with Crippen molar-refractivity contribution in [3.8, 4) is 0 Å². The third kappa shape index (κ3) is 4.82. The van der Waals surface area contributed by atoms with Gasteiger partial charge in [0.05, 0.1) is 25.3 Å². The molecule has 3 aromatic rings. The lowest BCUT2D eigenvalue weighted by atomic mass is 10.1. The Kier molecular flexibility index (Phi) is 6.30. The molecule has 0 aliphatic rings. The maximum atomic E-state index is 11.9. The number of ether oxygens (including phenoxy) is 2. The third-order valence-electron chi connectivity index (χ3n) is 3.84. The lowest BCUT2D eigenvalue weighted by Crippen LogP contribution is -2.09. The fraction of sp³-hybridized carbons (Fsp3) is 0.100. The summed E-state index contributed by atoms with van der Waals surface area (Å²) in [5, 5.41) is 3.61. The number of benzene rings is 2. The predicted molar refractivity (Wildman–Crippen MR) is 109 cm³/mol. The molecule has 0 aliphatic carbocycles. The van der Waals surface area contributed by atoms with Crippen molar-refractivity contribution in [1.82, 2.24) is 9.97 Å². The molecule has 0 unspecified atom stereocenters. The van der Waals surface area contributed by atoms with Crippen LogP contribution in [0.4, 0.5) is 17.2 Å². The Morgan fingerprint density at radius 3 is 2.17 bits per heavy atom. The van der Waals surface area contributed by atoms with Crippen molar-refractivity contribution in [2.45, 2.75) is 9.92 Å². The molecule has 3 rings (SSSR count). The maximum Gasteiger partial charge on any atom is 0.337 e. The van der Waals surface area contributed by atoms with Crippen molar-refractivity contribution in [1.29, 1.82) is 0 Å². The number of nitrogens with two attached hydrogens (primary N) is 1. The number of anilines is 3. The van der Waals surface area contributed by atoms with E-state index in [2.05, 4.69) is 15.3 Å². The Morgan fingerprint density at radius 1 is 0.966 bits per heavy atom. The highest BCUT2D eigenvalue weighted by molar-refractivity contribution is 7.99. The summed E-state index contributed by atoms with van der Waals surface area (Å²) in [7, 11) is 2.52. The van der Waals surface area contributed by atoms with Gasteiger partial charge in [0.15, 0.2) is 5.82 Å². The second-order valence-corrected chi connectivity index (χ2v) is 6.83. The van der Waals surface area contributed by atoms with Gasteiger partial charge in [0.1, 0.15) is 17.0 Å². The normalized spacial score (nSPS) is 10.3. The average molecular weight is 410 g/mol. The maximum absolute atomic E-state index is 11.9. The van der Waals surface area contributed by atoms with Crippen molar-refractivity contribution in [2.75, 3.05) is 25.3 Å². The highest BCUT2D eigenvalue weighted by Crippen LogP contribution is 2.34. The van der Waals surface area contributed by atoms with E-state index in [9.17, 15) is 9.59 Å². The molecule has 1 heterocycles. The van der Waals surface area contributed by atoms with Crippen LogP contribution in [0.3, 0.4) is 0 Å². The molecule has 0 amide bonds. The van der Waals surface area contributed by atoms with Crippen LogP contribution in [-0.2, 0) is 9.47 Å². The summed E-state index contributed by atoms with van der Waals surface area (Å²) in [6.45, 7) is 0. The number of aromatic nitrogens is 2. The number of nitrogens with zero attached hydrogens (tertiary/aromatic N) is 2. The molecule has 0 fully saturated rings. The molecule has 0 aliphatic heterocycles. The summed E-state index contributed by atoms with van der Waals surface area (Å²) in [6.07, 6.45) is 1.38. The Morgan fingerprint density at radius 2 is 1.59 bits per heavy atom. The van der Waals surface area contributed by atoms with Gasteiger partial charge in [0, 0.05) is 10.6 Å². The summed E-state index contributed by atoms with van der Waals surface area (Å²) in [5.41, 5.74) is 7.37. The van der Waals surface area contributed by atoms with Crippen molar-refractivity contribution in [2.24, 2.45) is 0 Å². The molecule has 1 aromatic heterocycles. The molecule has 0 atom stereocenters. The lowest BCUT2D eigenvalue weighted by molar-refractivity contribution is 0.0599. The number of carbonyl (C=O) groups excluding carboxylic acids is 2. The zero-order chi connectivity index (χ0) is 20.8. The van der Waals surface area contributed by atoms with E-state index in [4.69, 9.17) is 15.2 Å². The second-order valence-electron chi connectivity index (χ2n) is 5.76. The molecule has 0 saturated carbocycles. The van der Waals surface area contributed by atoms with Crippen LogP contribution in [0.2, 0.25) is 0 Å². The molecule has 3 N–H and O–H groups in total. The van der Waals surface area contributed by atoms with Crippen molar-refractivity contribution < 1.29 is 19.1 Å². The van der Waals surface area contributed by atoms with E-state index in [1.807, 2.05) is 30.3 Å². The number of hydrogen-bond acceptors (Lipinski definition) is 9.